The van der Waals surface area contributed by atoms with Gasteiger partial charge in [-0.25, -0.2) is 4.79 Å². The first-order valence-electron chi connectivity index (χ1n) is 5.12. The molecule has 15 heavy (non-hydrogen) atoms. The highest BCUT2D eigenvalue weighted by Crippen LogP contribution is 1.97. The minimum atomic E-state index is -0.427. The SMILES string of the molecule is C=CC(=O)OCC(C)OCC(C)OCC. The molecule has 0 amide bonds. The lowest BCUT2D eigenvalue weighted by atomic mass is 10.4. The summed E-state index contributed by atoms with van der Waals surface area (Å²) in [6, 6.07) is 0. The molecule has 0 saturated heterocycles. The predicted molar refractivity (Wildman–Crippen MR) is 57.7 cm³/mol. The van der Waals surface area contributed by atoms with Crippen LogP contribution in [0.2, 0.25) is 0 Å². The van der Waals surface area contributed by atoms with Crippen molar-refractivity contribution in [2.24, 2.45) is 0 Å². The summed E-state index contributed by atoms with van der Waals surface area (Å²) in [5.74, 6) is -0.427. The molecule has 88 valence electrons. The largest absolute Gasteiger partial charge is 0.460 e. The first-order chi connectivity index (χ1) is 7.10. The lowest BCUT2D eigenvalue weighted by Crippen LogP contribution is -2.24. The highest BCUT2D eigenvalue weighted by molar-refractivity contribution is 5.81. The number of carbonyl (C=O) groups is 1. The molecule has 0 heterocycles. The van der Waals surface area contributed by atoms with Crippen LogP contribution in [0.3, 0.4) is 0 Å². The van der Waals surface area contributed by atoms with E-state index < -0.39 is 5.97 Å². The number of hydrogen-bond acceptors (Lipinski definition) is 4. The fourth-order valence-electron chi connectivity index (χ4n) is 0.939. The topological polar surface area (TPSA) is 44.8 Å². The molecule has 0 spiro atoms. The average Bonchev–Trinajstić information content (AvgIpc) is 2.23. The van der Waals surface area contributed by atoms with Crippen molar-refractivity contribution in [3.8, 4) is 0 Å². The second-order valence-corrected chi connectivity index (χ2v) is 3.24. The van der Waals surface area contributed by atoms with E-state index in [-0.39, 0.29) is 18.8 Å². The molecule has 0 radical (unpaired) electrons. The smallest absolute Gasteiger partial charge is 0.330 e. The zero-order valence-electron chi connectivity index (χ0n) is 9.69. The fourth-order valence-corrected chi connectivity index (χ4v) is 0.939. The van der Waals surface area contributed by atoms with Crippen LogP contribution in [0.15, 0.2) is 12.7 Å². The molecule has 0 aromatic heterocycles. The van der Waals surface area contributed by atoms with Gasteiger partial charge in [0.05, 0.1) is 18.8 Å². The highest BCUT2D eigenvalue weighted by atomic mass is 16.6. The van der Waals surface area contributed by atoms with Crippen molar-refractivity contribution in [1.82, 2.24) is 0 Å². The molecule has 0 saturated carbocycles. The number of esters is 1. The van der Waals surface area contributed by atoms with E-state index in [1.54, 1.807) is 0 Å². The maximum Gasteiger partial charge on any atom is 0.330 e. The van der Waals surface area contributed by atoms with Crippen LogP contribution >= 0.6 is 0 Å². The standard InChI is InChI=1S/C11H20O4/c1-5-11(12)15-8-10(4)14-7-9(3)13-6-2/h5,9-10H,1,6-8H2,2-4H3. The summed E-state index contributed by atoms with van der Waals surface area (Å²) in [5.41, 5.74) is 0. The van der Waals surface area contributed by atoms with Crippen molar-refractivity contribution in [3.63, 3.8) is 0 Å². The third kappa shape index (κ3) is 8.15. The van der Waals surface area contributed by atoms with Crippen molar-refractivity contribution in [2.75, 3.05) is 19.8 Å². The zero-order chi connectivity index (χ0) is 11.7. The van der Waals surface area contributed by atoms with Crippen molar-refractivity contribution < 1.29 is 19.0 Å². The molecule has 0 aromatic rings. The Balaban J connectivity index is 3.52. The highest BCUT2D eigenvalue weighted by Gasteiger charge is 2.08. The molecule has 0 aliphatic heterocycles. The van der Waals surface area contributed by atoms with Crippen LogP contribution in [0.4, 0.5) is 0 Å². The number of rotatable bonds is 8. The minimum absolute atomic E-state index is 0.0626. The van der Waals surface area contributed by atoms with Gasteiger partial charge in [0.2, 0.25) is 0 Å². The zero-order valence-corrected chi connectivity index (χ0v) is 9.69. The molecule has 0 aliphatic carbocycles. The van der Waals surface area contributed by atoms with Crippen molar-refractivity contribution in [1.29, 1.82) is 0 Å². The monoisotopic (exact) mass is 216 g/mol. The minimum Gasteiger partial charge on any atom is -0.460 e. The normalized spacial score (nSPS) is 14.3. The third-order valence-electron chi connectivity index (χ3n) is 1.69. The Morgan fingerprint density at radius 1 is 1.27 bits per heavy atom. The molecule has 0 fully saturated rings. The summed E-state index contributed by atoms with van der Waals surface area (Å²) in [5, 5.41) is 0. The molecule has 0 aliphatic rings. The molecule has 0 N–H and O–H groups in total. The van der Waals surface area contributed by atoms with Crippen LogP contribution in [0.1, 0.15) is 20.8 Å². The quantitative estimate of drug-likeness (QED) is 0.456. The molecule has 0 rings (SSSR count). The lowest BCUT2D eigenvalue weighted by molar-refractivity contribution is -0.142. The Labute approximate surface area is 91.2 Å². The van der Waals surface area contributed by atoms with Gasteiger partial charge in [0.15, 0.2) is 0 Å². The van der Waals surface area contributed by atoms with Gasteiger partial charge in [0.25, 0.3) is 0 Å². The molecule has 2 unspecified atom stereocenters. The van der Waals surface area contributed by atoms with Crippen LogP contribution in [0.25, 0.3) is 0 Å². The van der Waals surface area contributed by atoms with Gasteiger partial charge in [-0.2, -0.15) is 0 Å². The average molecular weight is 216 g/mol. The Hall–Kier alpha value is -0.870. The van der Waals surface area contributed by atoms with Crippen molar-refractivity contribution in [3.05, 3.63) is 12.7 Å². The van der Waals surface area contributed by atoms with E-state index in [1.165, 1.54) is 0 Å². The van der Waals surface area contributed by atoms with E-state index >= 15 is 0 Å². The summed E-state index contributed by atoms with van der Waals surface area (Å²) in [7, 11) is 0. The fraction of sp³-hybridized carbons (Fsp3) is 0.727. The van der Waals surface area contributed by atoms with Crippen LogP contribution in [-0.4, -0.2) is 38.0 Å². The number of ether oxygens (including phenoxy) is 3. The molecule has 4 heteroatoms. The maximum atomic E-state index is 10.7. The summed E-state index contributed by atoms with van der Waals surface area (Å²) in [6.45, 7) is 10.4. The van der Waals surface area contributed by atoms with Gasteiger partial charge in [-0.1, -0.05) is 6.58 Å². The van der Waals surface area contributed by atoms with Gasteiger partial charge in [0, 0.05) is 12.7 Å². The maximum absolute atomic E-state index is 10.7. The van der Waals surface area contributed by atoms with Gasteiger partial charge in [-0.05, 0) is 20.8 Å². The Morgan fingerprint density at radius 2 is 1.87 bits per heavy atom. The van der Waals surface area contributed by atoms with Crippen LogP contribution in [0, 0.1) is 0 Å². The molecular weight excluding hydrogens is 196 g/mol. The summed E-state index contributed by atoms with van der Waals surface area (Å²) < 4.78 is 15.5. The van der Waals surface area contributed by atoms with Crippen LogP contribution < -0.4 is 0 Å². The second-order valence-electron chi connectivity index (χ2n) is 3.24. The molecule has 4 nitrogen and oxygen atoms in total. The van der Waals surface area contributed by atoms with E-state index in [0.717, 1.165) is 6.08 Å². The van der Waals surface area contributed by atoms with E-state index in [0.29, 0.717) is 13.2 Å². The lowest BCUT2D eigenvalue weighted by Gasteiger charge is -2.16. The molecule has 0 bridgehead atoms. The predicted octanol–water partition coefficient (Wildman–Crippen LogP) is 1.55. The molecule has 0 aromatic carbocycles. The molecular formula is C11H20O4. The van der Waals surface area contributed by atoms with Crippen LogP contribution in [-0.2, 0) is 19.0 Å². The van der Waals surface area contributed by atoms with Crippen molar-refractivity contribution in [2.45, 2.75) is 33.0 Å². The Bertz CT molecular complexity index is 191. The number of hydrogen-bond donors (Lipinski definition) is 0. The van der Waals surface area contributed by atoms with Crippen LogP contribution in [0.5, 0.6) is 0 Å². The van der Waals surface area contributed by atoms with E-state index in [1.807, 2.05) is 20.8 Å². The van der Waals surface area contributed by atoms with Gasteiger partial charge >= 0.3 is 5.97 Å². The number of carbonyl (C=O) groups excluding carboxylic acids is 1. The Morgan fingerprint density at radius 3 is 2.40 bits per heavy atom. The summed E-state index contributed by atoms with van der Waals surface area (Å²) in [4.78, 5) is 10.7. The molecule has 2 atom stereocenters. The van der Waals surface area contributed by atoms with Crippen molar-refractivity contribution >= 4 is 5.97 Å². The van der Waals surface area contributed by atoms with E-state index in [9.17, 15) is 4.79 Å². The second kappa shape index (κ2) is 8.44. The van der Waals surface area contributed by atoms with E-state index in [4.69, 9.17) is 14.2 Å². The summed E-state index contributed by atoms with van der Waals surface area (Å²) >= 11 is 0. The summed E-state index contributed by atoms with van der Waals surface area (Å²) in [6.07, 6.45) is 1.07. The Kier molecular flexibility index (Phi) is 7.95. The van der Waals surface area contributed by atoms with Gasteiger partial charge in [0.1, 0.15) is 6.61 Å². The third-order valence-corrected chi connectivity index (χ3v) is 1.69. The van der Waals surface area contributed by atoms with Gasteiger partial charge < -0.3 is 14.2 Å². The first-order valence-corrected chi connectivity index (χ1v) is 5.12. The van der Waals surface area contributed by atoms with Gasteiger partial charge in [-0.3, -0.25) is 0 Å². The van der Waals surface area contributed by atoms with Gasteiger partial charge in [-0.15, -0.1) is 0 Å². The first kappa shape index (κ1) is 14.1. The van der Waals surface area contributed by atoms with E-state index in [2.05, 4.69) is 6.58 Å².